The molecule has 472 valence electrons. The fourth-order valence-electron chi connectivity index (χ4n) is 9.56. The Morgan fingerprint density at radius 2 is 1.59 bits per heavy atom. The molecule has 8 amide bonds. The van der Waals surface area contributed by atoms with E-state index < -0.39 is 113 Å². The van der Waals surface area contributed by atoms with Gasteiger partial charge in [-0.1, -0.05) is 66.5 Å². The first kappa shape index (κ1) is 72.1. The summed E-state index contributed by atoms with van der Waals surface area (Å²) in [7, 11) is 1.89. The second-order valence-electron chi connectivity index (χ2n) is 23.1. The van der Waals surface area contributed by atoms with E-state index in [-0.39, 0.29) is 86.5 Å². The number of anilines is 1. The van der Waals surface area contributed by atoms with Gasteiger partial charge in [0.25, 0.3) is 11.8 Å². The first-order valence-corrected chi connectivity index (χ1v) is 30.0. The van der Waals surface area contributed by atoms with Crippen LogP contribution in [-0.2, 0) is 54.4 Å². The maximum atomic E-state index is 14.9. The number of thiazole rings is 1. The maximum Gasteiger partial charge on any atom is 0.312 e. The van der Waals surface area contributed by atoms with Crippen molar-refractivity contribution in [1.29, 1.82) is 0 Å². The van der Waals surface area contributed by atoms with Crippen LogP contribution < -0.4 is 43.4 Å². The Labute approximate surface area is 502 Å². The lowest BCUT2D eigenvalue weighted by Crippen LogP contribution is -2.58. The van der Waals surface area contributed by atoms with Crippen LogP contribution in [0.4, 0.5) is 10.5 Å². The molecule has 0 spiro atoms. The van der Waals surface area contributed by atoms with Gasteiger partial charge in [-0.3, -0.25) is 52.9 Å². The zero-order valence-electron chi connectivity index (χ0n) is 50.8. The van der Waals surface area contributed by atoms with Crippen molar-refractivity contribution in [2.45, 2.75) is 194 Å². The number of rotatable bonds is 36. The lowest BCUT2D eigenvalue weighted by Gasteiger charge is -2.39. The Morgan fingerprint density at radius 3 is 2.16 bits per heavy atom. The third kappa shape index (κ3) is 24.0. The average Bonchev–Trinajstić information content (AvgIpc) is 4.21. The van der Waals surface area contributed by atoms with Crippen molar-refractivity contribution in [2.24, 2.45) is 34.6 Å². The highest BCUT2D eigenvalue weighted by Gasteiger charge is 2.41. The van der Waals surface area contributed by atoms with E-state index in [1.807, 2.05) is 39.6 Å². The number of carboxylic acid groups (broad SMARTS) is 2. The SMILES string of the molecule is C#CCCCON(C(=O)[C@@H](NC(=O)[C@H]1CCCCN1C)[C@@H](C)CC)[C@H](C[C@@H](OC(C)=O)c1nc(C(=O)N[C@@H](Cc2ccc(NC(=O)[C@H](CCCNC(N)=O)NC(=O)[C@@H](NC(=O)[C@@H](N)CCC(=O)O)C(C)C)cc2)CC(C)(C)C(=O)O)cs1)C(C)C. The molecule has 0 bridgehead atoms. The summed E-state index contributed by atoms with van der Waals surface area (Å²) in [5.74, 6) is -4.90. The number of piperidine rings is 1. The van der Waals surface area contributed by atoms with E-state index >= 15 is 0 Å². The molecule has 85 heavy (non-hydrogen) atoms. The number of nitrogens with one attached hydrogen (secondary N) is 6. The molecule has 3 rings (SSSR count). The summed E-state index contributed by atoms with van der Waals surface area (Å²) in [5.41, 5.74) is 10.7. The number of likely N-dealkylation sites (N-methyl/N-ethyl adjacent to an activating group) is 1. The van der Waals surface area contributed by atoms with Gasteiger partial charge in [0.05, 0.1) is 30.1 Å². The Bertz CT molecular complexity index is 2620. The van der Waals surface area contributed by atoms with Crippen LogP contribution in [0.1, 0.15) is 167 Å². The molecule has 12 N–H and O–H groups in total. The molecule has 1 aromatic heterocycles. The third-order valence-corrected chi connectivity index (χ3v) is 15.8. The number of likely N-dealkylation sites (tertiary alicyclic amines) is 1. The van der Waals surface area contributed by atoms with Crippen LogP contribution in [0.25, 0.3) is 0 Å². The van der Waals surface area contributed by atoms with Crippen molar-refractivity contribution in [3.8, 4) is 12.3 Å². The monoisotopic (exact) mass is 1210 g/mol. The summed E-state index contributed by atoms with van der Waals surface area (Å²) < 4.78 is 5.89. The number of esters is 1. The highest BCUT2D eigenvalue weighted by molar-refractivity contribution is 7.09. The molecule has 1 fully saturated rings. The van der Waals surface area contributed by atoms with Gasteiger partial charge in [-0.25, -0.2) is 14.8 Å². The average molecular weight is 1210 g/mol. The third-order valence-electron chi connectivity index (χ3n) is 14.9. The van der Waals surface area contributed by atoms with Gasteiger partial charge >= 0.3 is 23.9 Å². The quantitative estimate of drug-likeness (QED) is 0.0196. The number of carboxylic acids is 2. The molecule has 0 aliphatic carbocycles. The van der Waals surface area contributed by atoms with Gasteiger partial charge in [0.15, 0.2) is 6.10 Å². The number of aliphatic carboxylic acids is 2. The molecule has 1 aromatic carbocycles. The first-order valence-electron chi connectivity index (χ1n) is 29.1. The van der Waals surface area contributed by atoms with Crippen LogP contribution in [0.2, 0.25) is 0 Å². The summed E-state index contributed by atoms with van der Waals surface area (Å²) in [6, 6.07) is -0.751. The van der Waals surface area contributed by atoms with Gasteiger partial charge in [0.2, 0.25) is 23.6 Å². The molecule has 0 radical (unpaired) electrons. The molecule has 2 aromatic rings. The highest BCUT2D eigenvalue weighted by atomic mass is 32.1. The van der Waals surface area contributed by atoms with Crippen molar-refractivity contribution in [3.63, 3.8) is 0 Å². The minimum atomic E-state index is -1.32. The van der Waals surface area contributed by atoms with E-state index in [0.717, 1.165) is 30.7 Å². The number of unbranched alkanes of at least 4 members (excludes halogenated alkanes) is 1. The van der Waals surface area contributed by atoms with Gasteiger partial charge in [-0.05, 0) is 114 Å². The fourth-order valence-corrected chi connectivity index (χ4v) is 10.4. The second kappa shape index (κ2) is 35.3. The number of nitrogens with zero attached hydrogens (tertiary/aromatic N) is 3. The molecular formula is C59H91N11O14S. The lowest BCUT2D eigenvalue weighted by molar-refractivity contribution is -0.213. The smallest absolute Gasteiger partial charge is 0.312 e. The van der Waals surface area contributed by atoms with Crippen LogP contribution >= 0.6 is 11.3 Å². The standard InChI is InChI=1S/C59H91N11O14S/c1-12-14-17-29-83-70(56(79)49(36(7)13-2)68-53(77)44-20-15-16-28-69(44)11)45(34(3)4)31-46(84-37(8)71)55-66-43(33-85-55)52(76)64-40(32-59(9,10)57(80)81)30-38-21-23-39(24-22-38)63-51(75)42(19-18-27-62-58(61)82)65-54(78)48(35(5)6)67-50(74)41(60)25-26-47(72)73/h1,21-24,33-36,40-42,44-46,48-49H,13-20,25-32,60H2,2-11H3,(H,63,75)(H,64,76)(H,65,78)(H,67,74)(H,68,77)(H,72,73)(H,80,81)(H3,61,62,82)/t36-,40-,41-,42-,44+,45+,46+,48-,49-/m0/s1. The largest absolute Gasteiger partial charge is 0.481 e. The Kier molecular flexibility index (Phi) is 29.9. The number of benzene rings is 1. The molecular weight excluding hydrogens is 1120 g/mol. The number of aromatic nitrogens is 1. The number of carbonyl (C=O) groups is 10. The van der Waals surface area contributed by atoms with Crippen molar-refractivity contribution in [3.05, 3.63) is 45.9 Å². The van der Waals surface area contributed by atoms with Crippen LogP contribution in [-0.4, -0.2) is 154 Å². The van der Waals surface area contributed by atoms with Crippen LogP contribution in [0.15, 0.2) is 29.6 Å². The number of hydroxylamine groups is 2. The Hall–Kier alpha value is -7.21. The van der Waals surface area contributed by atoms with Gasteiger partial charge in [-0.15, -0.1) is 23.7 Å². The van der Waals surface area contributed by atoms with E-state index in [1.165, 1.54) is 31.2 Å². The van der Waals surface area contributed by atoms with E-state index in [9.17, 15) is 53.1 Å². The van der Waals surface area contributed by atoms with Gasteiger partial charge in [0.1, 0.15) is 28.8 Å². The number of nitrogens with two attached hydrogens (primary N) is 2. The Balaban J connectivity index is 1.91. The van der Waals surface area contributed by atoms with Crippen LogP contribution in [0, 0.1) is 35.5 Å². The molecule has 0 unspecified atom stereocenters. The number of carbonyl (C=O) groups excluding carboxylic acids is 8. The van der Waals surface area contributed by atoms with Crippen molar-refractivity contribution in [1.82, 2.24) is 41.5 Å². The van der Waals surface area contributed by atoms with Crippen LogP contribution in [0.5, 0.6) is 0 Å². The predicted molar refractivity (Wildman–Crippen MR) is 319 cm³/mol. The minimum Gasteiger partial charge on any atom is -0.481 e. The van der Waals surface area contributed by atoms with Gasteiger partial charge in [0, 0.05) is 49.8 Å². The lowest BCUT2D eigenvalue weighted by atomic mass is 9.84. The highest BCUT2D eigenvalue weighted by Crippen LogP contribution is 2.33. The predicted octanol–water partition coefficient (Wildman–Crippen LogP) is 4.40. The number of hydrogen-bond acceptors (Lipinski definition) is 16. The summed E-state index contributed by atoms with van der Waals surface area (Å²) in [4.78, 5) is 144. The zero-order valence-corrected chi connectivity index (χ0v) is 51.6. The summed E-state index contributed by atoms with van der Waals surface area (Å²) in [5, 5.41) is 38.6. The van der Waals surface area contributed by atoms with Gasteiger partial charge in [-0.2, -0.15) is 0 Å². The second-order valence-corrected chi connectivity index (χ2v) is 24.0. The molecule has 25 nitrogen and oxygen atoms in total. The number of terminal acetylenes is 1. The van der Waals surface area contributed by atoms with E-state index in [2.05, 4.69) is 42.8 Å². The molecule has 1 saturated heterocycles. The van der Waals surface area contributed by atoms with Crippen molar-refractivity contribution >= 4 is 76.4 Å². The van der Waals surface area contributed by atoms with E-state index in [0.29, 0.717) is 36.9 Å². The molecule has 2 heterocycles. The molecule has 1 aliphatic heterocycles. The summed E-state index contributed by atoms with van der Waals surface area (Å²) in [6.07, 6.45) is 8.12. The topological polar surface area (TPSA) is 373 Å². The maximum absolute atomic E-state index is 14.9. The first-order chi connectivity index (χ1) is 40.0. The number of urea groups is 1. The normalized spacial score (nSPS) is 16.4. The molecule has 1 aliphatic rings. The zero-order chi connectivity index (χ0) is 63.7. The van der Waals surface area contributed by atoms with E-state index in [1.54, 1.807) is 38.1 Å². The van der Waals surface area contributed by atoms with Gasteiger partial charge < -0.3 is 58.3 Å². The molecule has 0 saturated carbocycles. The van der Waals surface area contributed by atoms with Crippen LogP contribution in [0.3, 0.4) is 0 Å². The van der Waals surface area contributed by atoms with E-state index in [4.69, 9.17) is 32.6 Å². The minimum absolute atomic E-state index is 0.0124. The molecule has 9 atom stereocenters. The summed E-state index contributed by atoms with van der Waals surface area (Å²) >= 11 is 1.05. The number of amides is 8. The number of hydrogen-bond donors (Lipinski definition) is 10. The molecule has 26 heteroatoms. The fraction of sp³-hybridized carbons (Fsp3) is 0.644. The number of primary amides is 1. The van der Waals surface area contributed by atoms with Crippen molar-refractivity contribution < 1.29 is 67.7 Å². The van der Waals surface area contributed by atoms with Crippen molar-refractivity contribution in [2.75, 3.05) is 32.1 Å². The summed E-state index contributed by atoms with van der Waals surface area (Å²) in [6.45, 7) is 16.1. The Morgan fingerprint density at radius 1 is 0.906 bits per heavy atom. The number of ether oxygens (including phenoxy) is 1.